The topological polar surface area (TPSA) is 289 Å². The summed E-state index contributed by atoms with van der Waals surface area (Å²) in [6.07, 6.45) is -0.0592. The minimum Gasteiger partial charge on any atom is -0.444 e. The van der Waals surface area contributed by atoms with Gasteiger partial charge in [0.25, 0.3) is 0 Å². The number of hydrogen-bond donors (Lipinski definition) is 2. The van der Waals surface area contributed by atoms with E-state index in [1.165, 1.54) is 48.5 Å². The number of piperazine rings is 4. The van der Waals surface area contributed by atoms with Crippen LogP contribution in [0.1, 0.15) is 112 Å². The lowest BCUT2D eigenvalue weighted by Crippen LogP contribution is -2.49. The Bertz CT molecular complexity index is 4860. The lowest BCUT2D eigenvalue weighted by molar-refractivity contribution is 0.0129. The number of nitrogens with one attached hydrogen (secondary N) is 2. The lowest BCUT2D eigenvalue weighted by atomic mass is 10.2. The zero-order valence-electron chi connectivity index (χ0n) is 72.9. The van der Waals surface area contributed by atoms with Crippen LogP contribution in [0.2, 0.25) is 0 Å². The van der Waals surface area contributed by atoms with Crippen LogP contribution < -0.4 is 10.6 Å². The molecule has 4 aliphatic heterocycles. The molecule has 0 spiro atoms. The van der Waals surface area contributed by atoms with Crippen LogP contribution in [0.5, 0.6) is 0 Å². The van der Waals surface area contributed by atoms with Crippen molar-refractivity contribution in [2.75, 3.05) is 133 Å². The van der Waals surface area contributed by atoms with Gasteiger partial charge in [-0.1, -0.05) is 170 Å². The van der Waals surface area contributed by atoms with Crippen LogP contribution in [-0.4, -0.2) is 255 Å². The number of amides is 3. The summed E-state index contributed by atoms with van der Waals surface area (Å²) in [5, 5.41) is 6.52. The summed E-state index contributed by atoms with van der Waals surface area (Å²) in [5.74, 6) is 0. The summed E-state index contributed by atoms with van der Waals surface area (Å²) < 4.78 is 123. The molecular formula is C91H124N12O15S4. The molecule has 662 valence electrons. The monoisotopic (exact) mass is 1750 g/mol. The van der Waals surface area contributed by atoms with Gasteiger partial charge in [0, 0.05) is 184 Å². The van der Waals surface area contributed by atoms with Gasteiger partial charge in [-0.3, -0.25) is 19.5 Å². The predicted octanol–water partition coefficient (Wildman–Crippen LogP) is 12.2. The molecule has 27 nitrogen and oxygen atoms in total. The van der Waals surface area contributed by atoms with Crippen molar-refractivity contribution in [3.05, 3.63) is 263 Å². The summed E-state index contributed by atoms with van der Waals surface area (Å²) in [6, 6.07) is 65.4. The van der Waals surface area contributed by atoms with Crippen LogP contribution in [0.4, 0.5) is 14.4 Å². The van der Waals surface area contributed by atoms with Gasteiger partial charge in [0.05, 0.1) is 19.6 Å². The minimum absolute atomic E-state index is 0.182. The normalized spacial score (nSPS) is 15.4. The second-order valence-electron chi connectivity index (χ2n) is 33.3. The van der Waals surface area contributed by atoms with E-state index in [0.717, 1.165) is 124 Å². The Hall–Kier alpha value is -9.32. The summed E-state index contributed by atoms with van der Waals surface area (Å²) in [7, 11) is -7.78. The average Bonchev–Trinajstić information content (AvgIpc) is 0.837. The highest BCUT2D eigenvalue weighted by molar-refractivity contribution is 7.90. The zero-order chi connectivity index (χ0) is 88.9. The molecular weight excluding hydrogens is 1630 g/mol. The SMILES string of the molecule is CC(C)(C)OC(=O)N1CCNCC1.CN(Cc1ccccc1)S(=O)(=O)c1ccc(C=O)cc1.CN(Cc1ccccc1)S(=O)(=O)c1ccc(CN2CCN(C(=O)OC(C)(C)C)CC2)cc1.CN(Cc1ccccc1)S(=O)(=O)c1ccc(CN2CCN(C(=O)OC(C)(C)C)CC2)cc1.CN(Cc1ccccc1)S(=O)(=O)c1ccc(CN2CCNCC2)cc1. The molecule has 0 radical (unpaired) electrons. The quantitative estimate of drug-likeness (QED) is 0.0444. The van der Waals surface area contributed by atoms with Gasteiger partial charge < -0.3 is 39.5 Å². The van der Waals surface area contributed by atoms with E-state index in [9.17, 15) is 52.8 Å². The second kappa shape index (κ2) is 45.9. The van der Waals surface area contributed by atoms with E-state index in [1.807, 2.05) is 220 Å². The van der Waals surface area contributed by atoms with E-state index < -0.39 is 51.3 Å². The van der Waals surface area contributed by atoms with Crippen molar-refractivity contribution < 1.29 is 67.1 Å². The standard InChI is InChI=1S/2C24H33N3O4S.C19H25N3O2S.C15H15NO3S.C9H18N2O2/c2*1-24(2,3)31-23(28)27-16-14-26(15-17-27)19-21-10-12-22(13-11-21)32(29,30)25(4)18-20-8-6-5-7-9-20;1-21(15-17-5-3-2-4-6-17)25(23,24)19-9-7-18(8-10-19)16-22-13-11-20-12-14-22;1-16(11-13-5-3-2-4-6-13)20(18,19)15-9-7-14(12-17)8-10-15;1-9(2,3)13-8(12)11-6-4-10-5-7-11/h2*5-13H,14-19H2,1-4H3;2-10,20H,11-16H2,1H3;2-10,12H,11H2,1H3;10H,4-7H2,1-3H3. The van der Waals surface area contributed by atoms with Crippen molar-refractivity contribution in [2.45, 2.75) is 145 Å². The van der Waals surface area contributed by atoms with E-state index in [1.54, 1.807) is 72.2 Å². The molecule has 2 N–H and O–H groups in total. The van der Waals surface area contributed by atoms with E-state index in [0.29, 0.717) is 82.2 Å². The van der Waals surface area contributed by atoms with Gasteiger partial charge in [-0.15, -0.1) is 0 Å². The predicted molar refractivity (Wildman–Crippen MR) is 477 cm³/mol. The van der Waals surface area contributed by atoms with Crippen LogP contribution in [0.25, 0.3) is 0 Å². The molecule has 31 heteroatoms. The fraction of sp³-hybridized carbons (Fsp3) is 0.429. The molecule has 0 atom stereocenters. The maximum Gasteiger partial charge on any atom is 0.410 e. The van der Waals surface area contributed by atoms with E-state index in [-0.39, 0.29) is 38.6 Å². The highest BCUT2D eigenvalue weighted by atomic mass is 32.2. The molecule has 0 aliphatic carbocycles. The summed E-state index contributed by atoms with van der Waals surface area (Å²) >= 11 is 0. The first-order valence-corrected chi connectivity index (χ1v) is 46.8. The van der Waals surface area contributed by atoms with Gasteiger partial charge in [0.2, 0.25) is 40.1 Å². The number of ether oxygens (including phenoxy) is 3. The summed E-state index contributed by atoms with van der Waals surface area (Å²) in [5.41, 5.74) is 6.09. The minimum atomic E-state index is -3.56. The average molecular weight is 1750 g/mol. The Morgan fingerprint density at radius 3 is 0.746 bits per heavy atom. The fourth-order valence-electron chi connectivity index (χ4n) is 13.1. The molecule has 4 heterocycles. The molecule has 0 bridgehead atoms. The highest BCUT2D eigenvalue weighted by Gasteiger charge is 2.31. The second-order valence-corrected chi connectivity index (χ2v) is 41.5. The number of rotatable bonds is 23. The first-order chi connectivity index (χ1) is 57.7. The van der Waals surface area contributed by atoms with Gasteiger partial charge in [0.1, 0.15) is 23.1 Å². The number of sulfonamides is 4. The molecule has 12 rings (SSSR count). The Labute approximate surface area is 724 Å². The zero-order valence-corrected chi connectivity index (χ0v) is 76.1. The molecule has 4 fully saturated rings. The molecule has 4 aliphatic rings. The van der Waals surface area contributed by atoms with Crippen molar-refractivity contribution in [2.24, 2.45) is 0 Å². The Balaban J connectivity index is 0.000000195. The van der Waals surface area contributed by atoms with Gasteiger partial charge in [0.15, 0.2) is 0 Å². The number of aldehydes is 1. The fourth-order valence-corrected chi connectivity index (χ4v) is 17.7. The molecule has 4 saturated heterocycles. The van der Waals surface area contributed by atoms with E-state index in [2.05, 4.69) is 25.3 Å². The molecule has 8 aromatic carbocycles. The molecule has 0 aromatic heterocycles. The van der Waals surface area contributed by atoms with Crippen molar-refractivity contribution >= 4 is 64.7 Å². The summed E-state index contributed by atoms with van der Waals surface area (Å²) in [4.78, 5) is 59.7. The molecule has 3 amide bonds. The van der Waals surface area contributed by atoms with Crippen LogP contribution in [0.3, 0.4) is 0 Å². The Kier molecular flexibility index (Phi) is 36.9. The van der Waals surface area contributed by atoms with Gasteiger partial charge in [-0.25, -0.2) is 48.1 Å². The van der Waals surface area contributed by atoms with Crippen molar-refractivity contribution in [3.8, 4) is 0 Å². The third-order valence-electron chi connectivity index (χ3n) is 19.9. The highest BCUT2D eigenvalue weighted by Crippen LogP contribution is 2.25. The largest absolute Gasteiger partial charge is 0.444 e. The smallest absolute Gasteiger partial charge is 0.410 e. The summed E-state index contributed by atoms with van der Waals surface area (Å²) in [6.45, 7) is 33.2. The maximum absolute atomic E-state index is 12.9. The van der Waals surface area contributed by atoms with Crippen LogP contribution >= 0.6 is 0 Å². The molecule has 8 aromatic rings. The number of nitrogens with zero attached hydrogens (tertiary/aromatic N) is 10. The Morgan fingerprint density at radius 1 is 0.303 bits per heavy atom. The first-order valence-electron chi connectivity index (χ1n) is 41.0. The molecule has 122 heavy (non-hydrogen) atoms. The maximum atomic E-state index is 12.9. The van der Waals surface area contributed by atoms with Gasteiger partial charge >= 0.3 is 18.3 Å². The van der Waals surface area contributed by atoms with E-state index in [4.69, 9.17) is 14.2 Å². The van der Waals surface area contributed by atoms with Crippen LogP contribution in [0, 0.1) is 0 Å². The Morgan fingerprint density at radius 2 is 0.516 bits per heavy atom. The van der Waals surface area contributed by atoms with Crippen molar-refractivity contribution in [1.29, 1.82) is 0 Å². The first kappa shape index (κ1) is 98.1. The van der Waals surface area contributed by atoms with Gasteiger partial charge in [-0.05, 0) is 150 Å². The van der Waals surface area contributed by atoms with Gasteiger partial charge in [-0.2, -0.15) is 17.2 Å². The van der Waals surface area contributed by atoms with E-state index >= 15 is 0 Å². The number of hydrogen-bond acceptors (Lipinski definition) is 20. The number of carbonyl (C=O) groups excluding carboxylic acids is 4. The third-order valence-corrected chi connectivity index (χ3v) is 27.1. The lowest BCUT2D eigenvalue weighted by Gasteiger charge is -2.35. The van der Waals surface area contributed by atoms with Crippen molar-refractivity contribution in [1.82, 2.24) is 57.3 Å². The molecule has 0 saturated carbocycles. The third kappa shape index (κ3) is 32.1. The van der Waals surface area contributed by atoms with Crippen LogP contribution in [0.15, 0.2) is 238 Å². The van der Waals surface area contributed by atoms with Crippen molar-refractivity contribution in [3.63, 3.8) is 0 Å². The number of benzene rings is 8. The number of carbonyl (C=O) groups is 4. The molecule has 0 unspecified atom stereocenters. The van der Waals surface area contributed by atoms with Crippen LogP contribution in [-0.2, 0) is 100 Å².